The molecule has 0 radical (unpaired) electrons. The van der Waals surface area contributed by atoms with E-state index in [1.165, 1.54) is 6.07 Å². The van der Waals surface area contributed by atoms with Crippen molar-refractivity contribution in [2.45, 2.75) is 12.8 Å². The third-order valence-electron chi connectivity index (χ3n) is 1.57. The van der Waals surface area contributed by atoms with E-state index in [-0.39, 0.29) is 0 Å². The number of aromatic nitrogens is 1. The van der Waals surface area contributed by atoms with Crippen LogP contribution in [0.15, 0.2) is 6.07 Å². The Bertz CT molecular complexity index is 384. The molecule has 1 rings (SSSR count). The van der Waals surface area contributed by atoms with Gasteiger partial charge in [0.2, 0.25) is 11.9 Å². The van der Waals surface area contributed by atoms with E-state index in [2.05, 4.69) is 4.98 Å². The van der Waals surface area contributed by atoms with Crippen molar-refractivity contribution in [3.63, 3.8) is 0 Å². The number of nitrogens with zero attached hydrogens (tertiary/aromatic N) is 2. The van der Waals surface area contributed by atoms with Gasteiger partial charge in [-0.25, -0.2) is 8.78 Å². The third kappa shape index (κ3) is 1.99. The molecule has 0 aromatic carbocycles. The van der Waals surface area contributed by atoms with Gasteiger partial charge in [0.1, 0.15) is 0 Å². The fraction of sp³-hybridized carbons (Fsp3) is 0.250. The summed E-state index contributed by atoms with van der Waals surface area (Å²) in [6.45, 7) is 0. The third-order valence-corrected chi connectivity index (χ3v) is 1.57. The van der Waals surface area contributed by atoms with Crippen LogP contribution in [-0.2, 0) is 6.42 Å². The highest BCUT2D eigenvalue weighted by atomic mass is 19.3. The highest BCUT2D eigenvalue weighted by Gasteiger charge is 2.19. The van der Waals surface area contributed by atoms with E-state index >= 15 is 0 Å². The van der Waals surface area contributed by atoms with Crippen LogP contribution in [0.5, 0.6) is 0 Å². The molecule has 2 nitrogen and oxygen atoms in total. The Balaban J connectivity index is 3.30. The van der Waals surface area contributed by atoms with Crippen LogP contribution in [0, 0.1) is 23.2 Å². The summed E-state index contributed by atoms with van der Waals surface area (Å²) in [5, 5.41) is 8.24. The number of rotatable bonds is 2. The minimum atomic E-state index is -3.02. The normalized spacial score (nSPS) is 10.3. The van der Waals surface area contributed by atoms with Crippen molar-refractivity contribution in [3.8, 4) is 6.07 Å². The number of halogens is 4. The first-order valence-electron chi connectivity index (χ1n) is 3.56. The summed E-state index contributed by atoms with van der Waals surface area (Å²) in [6.07, 6.45) is -3.58. The molecule has 0 atom stereocenters. The predicted molar refractivity (Wildman–Crippen MR) is 38.4 cm³/mol. The van der Waals surface area contributed by atoms with E-state index in [9.17, 15) is 17.6 Å². The molecule has 0 amide bonds. The second kappa shape index (κ2) is 4.05. The van der Waals surface area contributed by atoms with Gasteiger partial charge in [0.05, 0.1) is 12.5 Å². The molecule has 0 N–H and O–H groups in total. The fourth-order valence-electron chi connectivity index (χ4n) is 0.977. The molecule has 0 saturated heterocycles. The van der Waals surface area contributed by atoms with Crippen LogP contribution < -0.4 is 0 Å². The average molecular weight is 204 g/mol. The molecule has 0 aliphatic heterocycles. The van der Waals surface area contributed by atoms with E-state index < -0.39 is 35.9 Å². The van der Waals surface area contributed by atoms with Crippen LogP contribution in [-0.4, -0.2) is 4.98 Å². The Morgan fingerprint density at radius 1 is 1.43 bits per heavy atom. The number of pyridine rings is 1. The quantitative estimate of drug-likeness (QED) is 0.547. The van der Waals surface area contributed by atoms with E-state index in [1.54, 1.807) is 0 Å². The van der Waals surface area contributed by atoms with Gasteiger partial charge >= 0.3 is 0 Å². The number of hydrogen-bond donors (Lipinski definition) is 0. The molecule has 0 bridgehead atoms. The van der Waals surface area contributed by atoms with Crippen LogP contribution in [0.2, 0.25) is 0 Å². The first kappa shape index (κ1) is 10.4. The van der Waals surface area contributed by atoms with Gasteiger partial charge in [-0.05, 0) is 0 Å². The molecule has 1 aromatic rings. The van der Waals surface area contributed by atoms with Crippen LogP contribution in [0.25, 0.3) is 0 Å². The lowest BCUT2D eigenvalue weighted by molar-refractivity contribution is 0.149. The zero-order valence-electron chi connectivity index (χ0n) is 6.77. The Morgan fingerprint density at radius 2 is 2.07 bits per heavy atom. The summed E-state index contributed by atoms with van der Waals surface area (Å²) in [4.78, 5) is 2.72. The van der Waals surface area contributed by atoms with Crippen LogP contribution in [0.4, 0.5) is 17.6 Å². The van der Waals surface area contributed by atoms with Crippen molar-refractivity contribution in [3.05, 3.63) is 29.1 Å². The second-order valence-electron chi connectivity index (χ2n) is 2.44. The van der Waals surface area contributed by atoms with Gasteiger partial charge in [-0.3, -0.25) is 0 Å². The monoisotopic (exact) mass is 204 g/mol. The average Bonchev–Trinajstić information content (AvgIpc) is 2.09. The Labute approximate surface area is 76.8 Å². The predicted octanol–water partition coefficient (Wildman–Crippen LogP) is 2.36. The van der Waals surface area contributed by atoms with Gasteiger partial charge in [0.15, 0.2) is 0 Å². The van der Waals surface area contributed by atoms with Crippen molar-refractivity contribution in [2.24, 2.45) is 0 Å². The zero-order valence-corrected chi connectivity index (χ0v) is 6.77. The molecular formula is C8H4F4N2. The molecule has 74 valence electrons. The molecule has 0 fully saturated rings. The summed E-state index contributed by atoms with van der Waals surface area (Å²) >= 11 is 0. The molecule has 0 unspecified atom stereocenters. The Kier molecular flexibility index (Phi) is 3.02. The molecule has 6 heteroatoms. The van der Waals surface area contributed by atoms with Gasteiger partial charge in [-0.1, -0.05) is 0 Å². The summed E-state index contributed by atoms with van der Waals surface area (Å²) in [7, 11) is 0. The molecule has 0 aliphatic rings. The molecule has 0 saturated carbocycles. The summed E-state index contributed by atoms with van der Waals surface area (Å²) in [6, 6.07) is 1.93. The summed E-state index contributed by atoms with van der Waals surface area (Å²) in [5.41, 5.74) is -1.37. The van der Waals surface area contributed by atoms with Crippen LogP contribution in [0.1, 0.15) is 17.6 Å². The molecule has 1 heterocycles. The lowest BCUT2D eigenvalue weighted by Crippen LogP contribution is -2.03. The minimum Gasteiger partial charge on any atom is -0.205 e. The minimum absolute atomic E-state index is 0.431. The second-order valence-corrected chi connectivity index (χ2v) is 2.44. The number of nitriles is 1. The van der Waals surface area contributed by atoms with Crippen LogP contribution in [0.3, 0.4) is 0 Å². The maximum absolute atomic E-state index is 12.8. The van der Waals surface area contributed by atoms with Crippen molar-refractivity contribution in [1.82, 2.24) is 4.98 Å². The lowest BCUT2D eigenvalue weighted by atomic mass is 10.1. The van der Waals surface area contributed by atoms with Crippen molar-refractivity contribution in [2.75, 3.05) is 0 Å². The summed E-state index contributed by atoms with van der Waals surface area (Å²) < 4.78 is 49.7. The van der Waals surface area contributed by atoms with Crippen LogP contribution >= 0.6 is 0 Å². The largest absolute Gasteiger partial charge is 0.264 e. The van der Waals surface area contributed by atoms with Gasteiger partial charge in [-0.15, -0.1) is 0 Å². The van der Waals surface area contributed by atoms with E-state index in [1.807, 2.05) is 0 Å². The smallest absolute Gasteiger partial charge is 0.205 e. The highest BCUT2D eigenvalue weighted by Crippen LogP contribution is 2.24. The Hall–Kier alpha value is -1.64. The first-order valence-corrected chi connectivity index (χ1v) is 3.56. The molecule has 0 aliphatic carbocycles. The van der Waals surface area contributed by atoms with E-state index in [4.69, 9.17) is 5.26 Å². The van der Waals surface area contributed by atoms with Crippen molar-refractivity contribution in [1.29, 1.82) is 5.26 Å². The van der Waals surface area contributed by atoms with Gasteiger partial charge in [0, 0.05) is 17.2 Å². The molecular weight excluding hydrogens is 200 g/mol. The zero-order chi connectivity index (χ0) is 10.7. The van der Waals surface area contributed by atoms with Gasteiger partial charge < -0.3 is 0 Å². The molecule has 14 heavy (non-hydrogen) atoms. The molecule has 0 spiro atoms. The molecule has 1 aromatic heterocycles. The van der Waals surface area contributed by atoms with Gasteiger partial charge in [0.25, 0.3) is 6.43 Å². The fourth-order valence-corrected chi connectivity index (χ4v) is 0.977. The number of hydrogen-bond acceptors (Lipinski definition) is 2. The topological polar surface area (TPSA) is 36.7 Å². The SMILES string of the molecule is N#CCc1c(C(F)F)cc(F)nc1F. The standard InChI is InChI=1S/C8H4F4N2/c9-6-3-5(7(10)11)4(1-2-13)8(12)14-6/h3,7H,1H2. The van der Waals surface area contributed by atoms with Crippen molar-refractivity contribution >= 4 is 0 Å². The summed E-state index contributed by atoms with van der Waals surface area (Å²) in [5.74, 6) is -2.68. The van der Waals surface area contributed by atoms with E-state index in [0.717, 1.165) is 0 Å². The highest BCUT2D eigenvalue weighted by molar-refractivity contribution is 5.28. The lowest BCUT2D eigenvalue weighted by Gasteiger charge is -2.05. The van der Waals surface area contributed by atoms with Crippen molar-refractivity contribution < 1.29 is 17.6 Å². The first-order chi connectivity index (χ1) is 6.56. The Morgan fingerprint density at radius 3 is 2.57 bits per heavy atom. The maximum atomic E-state index is 12.8. The maximum Gasteiger partial charge on any atom is 0.264 e. The number of alkyl halides is 2. The van der Waals surface area contributed by atoms with Gasteiger partial charge in [-0.2, -0.15) is 19.0 Å². The van der Waals surface area contributed by atoms with E-state index in [0.29, 0.717) is 6.07 Å².